The number of carbonyl (C=O) groups is 1. The molecule has 0 bridgehead atoms. The van der Waals surface area contributed by atoms with Crippen LogP contribution in [0.25, 0.3) is 0 Å². The van der Waals surface area contributed by atoms with E-state index in [1.54, 1.807) is 54.9 Å². The van der Waals surface area contributed by atoms with E-state index in [-0.39, 0.29) is 17.3 Å². The Bertz CT molecular complexity index is 1390. The molecule has 4 aromatic rings. The number of amides is 1. The van der Waals surface area contributed by atoms with Crippen LogP contribution in [-0.2, 0) is 29.7 Å². The molecule has 0 aliphatic heterocycles. The Morgan fingerprint density at radius 3 is 1.94 bits per heavy atom. The normalized spacial score (nSPS) is 11.1. The van der Waals surface area contributed by atoms with Crippen LogP contribution in [0.15, 0.2) is 96.2 Å². The number of aryl methyl sites for hydroxylation is 1. The van der Waals surface area contributed by atoms with E-state index in [0.717, 1.165) is 22.3 Å². The molecule has 0 aliphatic carbocycles. The smallest absolute Gasteiger partial charge is 0.251 e. The Labute approximate surface area is 210 Å². The third-order valence-electron chi connectivity index (χ3n) is 5.51. The number of aromatic nitrogens is 2. The molecule has 9 heteroatoms. The lowest BCUT2D eigenvalue weighted by Gasteiger charge is -2.09. The number of nitrogens with one attached hydrogen (secondary N) is 3. The van der Waals surface area contributed by atoms with Crippen molar-refractivity contribution in [2.45, 2.75) is 31.5 Å². The molecular formula is C27H27N5O3S. The lowest BCUT2D eigenvalue weighted by atomic mass is 10.1. The number of nitrogens with zero attached hydrogens (tertiary/aromatic N) is 2. The van der Waals surface area contributed by atoms with Gasteiger partial charge in [-0.05, 0) is 53.9 Å². The highest BCUT2D eigenvalue weighted by molar-refractivity contribution is 7.89. The molecular weight excluding hydrogens is 474 g/mol. The van der Waals surface area contributed by atoms with Gasteiger partial charge >= 0.3 is 0 Å². The molecule has 184 valence electrons. The topological polar surface area (TPSA) is 113 Å². The van der Waals surface area contributed by atoms with Gasteiger partial charge in [0.2, 0.25) is 16.0 Å². The number of benzene rings is 3. The highest BCUT2D eigenvalue weighted by Crippen LogP contribution is 2.12. The Morgan fingerprint density at radius 1 is 0.750 bits per heavy atom. The van der Waals surface area contributed by atoms with Crippen LogP contribution in [0.5, 0.6) is 0 Å². The van der Waals surface area contributed by atoms with Gasteiger partial charge in [0.1, 0.15) is 0 Å². The molecule has 1 heterocycles. The molecule has 1 aromatic heterocycles. The van der Waals surface area contributed by atoms with Gasteiger partial charge in [-0.2, -0.15) is 0 Å². The first-order chi connectivity index (χ1) is 17.4. The fourth-order valence-electron chi connectivity index (χ4n) is 3.38. The minimum Gasteiger partial charge on any atom is -0.350 e. The second-order valence-electron chi connectivity index (χ2n) is 8.26. The molecule has 0 fully saturated rings. The minimum absolute atomic E-state index is 0.171. The summed E-state index contributed by atoms with van der Waals surface area (Å²) in [5.74, 6) is 0.379. The molecule has 0 saturated carbocycles. The van der Waals surface area contributed by atoms with Crippen molar-refractivity contribution in [1.29, 1.82) is 0 Å². The van der Waals surface area contributed by atoms with Gasteiger partial charge < -0.3 is 10.6 Å². The number of rotatable bonds is 10. The second kappa shape index (κ2) is 11.6. The van der Waals surface area contributed by atoms with Crippen molar-refractivity contribution >= 4 is 21.9 Å². The van der Waals surface area contributed by atoms with Gasteiger partial charge in [0.25, 0.3) is 5.91 Å². The largest absolute Gasteiger partial charge is 0.350 e. The molecule has 0 aliphatic rings. The third-order valence-corrected chi connectivity index (χ3v) is 6.92. The zero-order valence-corrected chi connectivity index (χ0v) is 20.6. The summed E-state index contributed by atoms with van der Waals surface area (Å²) < 4.78 is 27.5. The summed E-state index contributed by atoms with van der Waals surface area (Å²) in [6.07, 6.45) is 3.34. The molecule has 1 amide bonds. The number of sulfonamides is 1. The Morgan fingerprint density at radius 2 is 1.31 bits per heavy atom. The predicted octanol–water partition coefficient (Wildman–Crippen LogP) is 3.81. The van der Waals surface area contributed by atoms with E-state index in [2.05, 4.69) is 25.3 Å². The molecule has 3 aromatic carbocycles. The van der Waals surface area contributed by atoms with Crippen LogP contribution in [0.3, 0.4) is 0 Å². The first-order valence-electron chi connectivity index (χ1n) is 11.4. The van der Waals surface area contributed by atoms with Crippen molar-refractivity contribution < 1.29 is 13.2 Å². The van der Waals surface area contributed by atoms with Gasteiger partial charge in [-0.3, -0.25) is 4.79 Å². The Kier molecular flexibility index (Phi) is 8.04. The first-order valence-corrected chi connectivity index (χ1v) is 12.9. The Balaban J connectivity index is 1.24. The number of carbonyl (C=O) groups excluding carboxylic acids is 1. The number of hydrogen-bond donors (Lipinski definition) is 3. The average Bonchev–Trinajstić information content (AvgIpc) is 2.91. The molecule has 0 saturated heterocycles. The molecule has 36 heavy (non-hydrogen) atoms. The van der Waals surface area contributed by atoms with Gasteiger partial charge in [-0.25, -0.2) is 23.1 Å². The standard InChI is InChI=1S/C27H27N5O3S/c1-20-3-13-25(14-4-20)36(34,35)32-19-23-7-5-21(6-8-23)17-30-26(33)24-11-9-22(10-12-24)18-31-27-28-15-2-16-29-27/h2-16,32H,17-19H2,1H3,(H,30,33)(H,28,29,31). The van der Waals surface area contributed by atoms with Crippen LogP contribution < -0.4 is 15.4 Å². The van der Waals surface area contributed by atoms with Crippen molar-refractivity contribution in [3.63, 3.8) is 0 Å². The summed E-state index contributed by atoms with van der Waals surface area (Å²) in [4.78, 5) is 21.0. The lowest BCUT2D eigenvalue weighted by Crippen LogP contribution is -2.23. The van der Waals surface area contributed by atoms with Gasteiger partial charge in [-0.1, -0.05) is 54.1 Å². The van der Waals surface area contributed by atoms with E-state index >= 15 is 0 Å². The zero-order chi connectivity index (χ0) is 25.4. The maximum Gasteiger partial charge on any atom is 0.251 e. The van der Waals surface area contributed by atoms with Crippen LogP contribution in [0, 0.1) is 6.92 Å². The zero-order valence-electron chi connectivity index (χ0n) is 19.8. The fraction of sp³-hybridized carbons (Fsp3) is 0.148. The fourth-order valence-corrected chi connectivity index (χ4v) is 4.40. The van der Waals surface area contributed by atoms with Crippen molar-refractivity contribution in [2.24, 2.45) is 0 Å². The first kappa shape index (κ1) is 25.0. The van der Waals surface area contributed by atoms with Gasteiger partial charge in [0.15, 0.2) is 0 Å². The minimum atomic E-state index is -3.58. The predicted molar refractivity (Wildman–Crippen MR) is 139 cm³/mol. The molecule has 4 rings (SSSR count). The summed E-state index contributed by atoms with van der Waals surface area (Å²) in [6.45, 7) is 3.01. The molecule has 0 atom stereocenters. The van der Waals surface area contributed by atoms with Crippen molar-refractivity contribution in [3.05, 3.63) is 119 Å². The van der Waals surface area contributed by atoms with E-state index in [0.29, 0.717) is 24.6 Å². The van der Waals surface area contributed by atoms with Crippen molar-refractivity contribution in [2.75, 3.05) is 5.32 Å². The van der Waals surface area contributed by atoms with E-state index in [1.807, 2.05) is 43.3 Å². The van der Waals surface area contributed by atoms with Crippen LogP contribution in [0.1, 0.15) is 32.6 Å². The maximum atomic E-state index is 12.5. The summed E-state index contributed by atoms with van der Waals surface area (Å²) in [5.41, 5.74) is 4.31. The summed E-state index contributed by atoms with van der Waals surface area (Å²) >= 11 is 0. The van der Waals surface area contributed by atoms with E-state index in [4.69, 9.17) is 0 Å². The molecule has 3 N–H and O–H groups in total. The lowest BCUT2D eigenvalue weighted by molar-refractivity contribution is 0.0951. The molecule has 0 unspecified atom stereocenters. The molecule has 0 radical (unpaired) electrons. The van der Waals surface area contributed by atoms with Crippen LogP contribution in [0.2, 0.25) is 0 Å². The van der Waals surface area contributed by atoms with Crippen LogP contribution in [0.4, 0.5) is 5.95 Å². The number of anilines is 1. The van der Waals surface area contributed by atoms with E-state index in [9.17, 15) is 13.2 Å². The molecule has 0 spiro atoms. The SMILES string of the molecule is Cc1ccc(S(=O)(=O)NCc2ccc(CNC(=O)c3ccc(CNc4ncccn4)cc3)cc2)cc1. The highest BCUT2D eigenvalue weighted by atomic mass is 32.2. The number of hydrogen-bond acceptors (Lipinski definition) is 6. The quantitative estimate of drug-likeness (QED) is 0.305. The summed E-state index contributed by atoms with van der Waals surface area (Å²) in [5, 5.41) is 6.04. The van der Waals surface area contributed by atoms with Crippen LogP contribution in [-0.4, -0.2) is 24.3 Å². The maximum absolute atomic E-state index is 12.5. The average molecular weight is 502 g/mol. The molecule has 8 nitrogen and oxygen atoms in total. The summed E-state index contributed by atoms with van der Waals surface area (Å²) in [6, 6.07) is 23.2. The van der Waals surface area contributed by atoms with Crippen molar-refractivity contribution in [3.8, 4) is 0 Å². The van der Waals surface area contributed by atoms with Gasteiger partial charge in [0.05, 0.1) is 4.90 Å². The van der Waals surface area contributed by atoms with Gasteiger partial charge in [-0.15, -0.1) is 0 Å². The van der Waals surface area contributed by atoms with Gasteiger partial charge in [0, 0.05) is 37.6 Å². The van der Waals surface area contributed by atoms with E-state index in [1.165, 1.54) is 0 Å². The van der Waals surface area contributed by atoms with Crippen molar-refractivity contribution in [1.82, 2.24) is 20.0 Å². The summed E-state index contributed by atoms with van der Waals surface area (Å²) in [7, 11) is -3.58. The monoisotopic (exact) mass is 501 g/mol. The highest BCUT2D eigenvalue weighted by Gasteiger charge is 2.13. The third kappa shape index (κ3) is 6.97. The van der Waals surface area contributed by atoms with E-state index < -0.39 is 10.0 Å². The second-order valence-corrected chi connectivity index (χ2v) is 10.0. The van der Waals surface area contributed by atoms with Crippen LogP contribution >= 0.6 is 0 Å². The Hall–Kier alpha value is -4.08.